The van der Waals surface area contributed by atoms with E-state index < -0.39 is 0 Å². The van der Waals surface area contributed by atoms with Gasteiger partial charge >= 0.3 is 0 Å². The third-order valence-corrected chi connectivity index (χ3v) is 3.04. The van der Waals surface area contributed by atoms with E-state index in [9.17, 15) is 0 Å². The molecule has 1 aliphatic heterocycles. The predicted octanol–water partition coefficient (Wildman–Crippen LogP) is 2.63. The molecule has 2 aromatic rings. The van der Waals surface area contributed by atoms with Crippen LogP contribution in [0.2, 0.25) is 0 Å². The fourth-order valence-corrected chi connectivity index (χ4v) is 2.08. The van der Waals surface area contributed by atoms with Crippen molar-refractivity contribution in [2.45, 2.75) is 33.0 Å². The van der Waals surface area contributed by atoms with Gasteiger partial charge in [-0.1, -0.05) is 19.9 Å². The number of aliphatic hydroxyl groups is 1. The molecule has 0 spiro atoms. The summed E-state index contributed by atoms with van der Waals surface area (Å²) < 4.78 is 5.67. The van der Waals surface area contributed by atoms with Crippen LogP contribution in [0, 0.1) is 0 Å². The highest BCUT2D eigenvalue weighted by Crippen LogP contribution is 2.37. The molecule has 2 aromatic heterocycles. The van der Waals surface area contributed by atoms with Crippen molar-refractivity contribution >= 4 is 11.5 Å². The molecule has 0 bridgehead atoms. The second-order valence-electron chi connectivity index (χ2n) is 4.47. The molecular formula is C16H22N4O2. The average molecular weight is 302 g/mol. The average Bonchev–Trinajstić information content (AvgIpc) is 2.99. The molecule has 22 heavy (non-hydrogen) atoms. The van der Waals surface area contributed by atoms with E-state index >= 15 is 0 Å². The summed E-state index contributed by atoms with van der Waals surface area (Å²) in [6.45, 7) is 4.67. The SMILES string of the molecule is CC.OCCC1Nc2c(ccnc2NCc2ccccn2)O1. The number of rotatable bonds is 5. The lowest BCUT2D eigenvalue weighted by Gasteiger charge is -2.09. The quantitative estimate of drug-likeness (QED) is 0.788. The van der Waals surface area contributed by atoms with Crippen molar-refractivity contribution in [1.29, 1.82) is 0 Å². The predicted molar refractivity (Wildman–Crippen MR) is 86.9 cm³/mol. The minimum atomic E-state index is -0.199. The number of aliphatic hydroxyl groups excluding tert-OH is 1. The third kappa shape index (κ3) is 3.85. The maximum Gasteiger partial charge on any atom is 0.172 e. The van der Waals surface area contributed by atoms with Gasteiger partial charge in [-0.3, -0.25) is 4.98 Å². The number of fused-ring (bicyclic) bond motifs is 1. The fourth-order valence-electron chi connectivity index (χ4n) is 2.08. The summed E-state index contributed by atoms with van der Waals surface area (Å²) >= 11 is 0. The summed E-state index contributed by atoms with van der Waals surface area (Å²) in [6.07, 6.45) is 3.80. The number of hydrogen-bond acceptors (Lipinski definition) is 6. The lowest BCUT2D eigenvalue weighted by atomic mass is 10.3. The summed E-state index contributed by atoms with van der Waals surface area (Å²) in [5.41, 5.74) is 1.78. The van der Waals surface area contributed by atoms with Crippen molar-refractivity contribution < 1.29 is 9.84 Å². The van der Waals surface area contributed by atoms with E-state index in [0.29, 0.717) is 13.0 Å². The lowest BCUT2D eigenvalue weighted by molar-refractivity contribution is 0.189. The molecule has 0 radical (unpaired) electrons. The lowest BCUT2D eigenvalue weighted by Crippen LogP contribution is -2.21. The molecule has 0 aliphatic carbocycles. The monoisotopic (exact) mass is 302 g/mol. The van der Waals surface area contributed by atoms with Crippen LogP contribution in [0.5, 0.6) is 5.75 Å². The Bertz CT molecular complexity index is 578. The second kappa shape index (κ2) is 8.19. The van der Waals surface area contributed by atoms with Crippen LogP contribution in [0.3, 0.4) is 0 Å². The van der Waals surface area contributed by atoms with Crippen LogP contribution in [0.4, 0.5) is 11.5 Å². The topological polar surface area (TPSA) is 79.3 Å². The maximum absolute atomic E-state index is 8.97. The first kappa shape index (κ1) is 16.0. The van der Waals surface area contributed by atoms with Crippen molar-refractivity contribution in [3.8, 4) is 5.75 Å². The summed E-state index contributed by atoms with van der Waals surface area (Å²) in [4.78, 5) is 8.57. The highest BCUT2D eigenvalue weighted by atomic mass is 16.5. The summed E-state index contributed by atoms with van der Waals surface area (Å²) in [5, 5.41) is 15.4. The van der Waals surface area contributed by atoms with E-state index in [1.54, 1.807) is 12.4 Å². The van der Waals surface area contributed by atoms with Crippen molar-refractivity contribution in [2.24, 2.45) is 0 Å². The minimum Gasteiger partial charge on any atom is -0.468 e. The van der Waals surface area contributed by atoms with Crippen molar-refractivity contribution in [3.63, 3.8) is 0 Å². The van der Waals surface area contributed by atoms with Crippen LogP contribution < -0.4 is 15.4 Å². The van der Waals surface area contributed by atoms with E-state index in [4.69, 9.17) is 9.84 Å². The number of ether oxygens (including phenoxy) is 1. The molecular weight excluding hydrogens is 280 g/mol. The molecule has 0 aromatic carbocycles. The Hall–Kier alpha value is -2.34. The molecule has 0 fully saturated rings. The summed E-state index contributed by atoms with van der Waals surface area (Å²) in [5.74, 6) is 1.48. The molecule has 1 atom stereocenters. The normalized spacial score (nSPS) is 15.0. The van der Waals surface area contributed by atoms with Crippen LogP contribution in [-0.4, -0.2) is 27.9 Å². The van der Waals surface area contributed by atoms with E-state index in [1.165, 1.54) is 0 Å². The van der Waals surface area contributed by atoms with Gasteiger partial charge in [-0.2, -0.15) is 0 Å². The summed E-state index contributed by atoms with van der Waals surface area (Å²) in [6, 6.07) is 7.60. The second-order valence-corrected chi connectivity index (χ2v) is 4.47. The Kier molecular flexibility index (Phi) is 5.97. The van der Waals surface area contributed by atoms with Gasteiger partial charge in [0, 0.05) is 31.5 Å². The third-order valence-electron chi connectivity index (χ3n) is 3.04. The molecule has 6 nitrogen and oxygen atoms in total. The van der Waals surface area contributed by atoms with Gasteiger partial charge in [-0.15, -0.1) is 0 Å². The zero-order chi connectivity index (χ0) is 15.8. The molecule has 0 saturated carbocycles. The molecule has 1 aliphatic rings. The zero-order valence-electron chi connectivity index (χ0n) is 12.9. The highest BCUT2D eigenvalue weighted by molar-refractivity contribution is 5.74. The van der Waals surface area contributed by atoms with Crippen LogP contribution in [0.1, 0.15) is 26.0 Å². The standard InChI is InChI=1S/C14H16N4O2.C2H6/c19-8-5-12-18-13-11(20-12)4-7-16-14(13)17-9-10-3-1-2-6-15-10;1-2/h1-4,6-7,12,18-19H,5,8-9H2,(H,16,17);1-2H3. The van der Waals surface area contributed by atoms with Gasteiger partial charge in [-0.25, -0.2) is 4.98 Å². The van der Waals surface area contributed by atoms with E-state index in [2.05, 4.69) is 20.6 Å². The molecule has 1 unspecified atom stereocenters. The van der Waals surface area contributed by atoms with Gasteiger partial charge in [0.15, 0.2) is 17.8 Å². The van der Waals surface area contributed by atoms with Crippen LogP contribution in [0.25, 0.3) is 0 Å². The van der Waals surface area contributed by atoms with Gasteiger partial charge in [0.2, 0.25) is 0 Å². The van der Waals surface area contributed by atoms with Crippen LogP contribution >= 0.6 is 0 Å². The molecule has 118 valence electrons. The molecule has 3 heterocycles. The number of pyridine rings is 2. The Balaban J connectivity index is 0.000000847. The van der Waals surface area contributed by atoms with E-state index in [0.717, 1.165) is 22.9 Å². The van der Waals surface area contributed by atoms with Gasteiger partial charge in [-0.05, 0) is 12.1 Å². The van der Waals surface area contributed by atoms with Gasteiger partial charge in [0.1, 0.15) is 5.69 Å². The van der Waals surface area contributed by atoms with Crippen molar-refractivity contribution in [3.05, 3.63) is 42.4 Å². The van der Waals surface area contributed by atoms with Crippen LogP contribution in [-0.2, 0) is 6.54 Å². The van der Waals surface area contributed by atoms with Gasteiger partial charge < -0.3 is 20.5 Å². The fraction of sp³-hybridized carbons (Fsp3) is 0.375. The number of aromatic nitrogens is 2. The Morgan fingerprint density at radius 2 is 2.09 bits per heavy atom. The first-order chi connectivity index (χ1) is 10.9. The van der Waals surface area contributed by atoms with Crippen molar-refractivity contribution in [1.82, 2.24) is 9.97 Å². The first-order valence-electron chi connectivity index (χ1n) is 7.53. The Labute approximate surface area is 130 Å². The highest BCUT2D eigenvalue weighted by Gasteiger charge is 2.24. The Morgan fingerprint density at radius 1 is 1.23 bits per heavy atom. The van der Waals surface area contributed by atoms with E-state index in [-0.39, 0.29) is 12.8 Å². The summed E-state index contributed by atoms with van der Waals surface area (Å²) in [7, 11) is 0. The molecule has 3 rings (SSSR count). The zero-order valence-corrected chi connectivity index (χ0v) is 12.9. The molecule has 3 N–H and O–H groups in total. The molecule has 0 amide bonds. The minimum absolute atomic E-state index is 0.0791. The maximum atomic E-state index is 8.97. The molecule has 0 saturated heterocycles. The number of hydrogen-bond donors (Lipinski definition) is 3. The Morgan fingerprint density at radius 3 is 2.82 bits per heavy atom. The van der Waals surface area contributed by atoms with Crippen LogP contribution in [0.15, 0.2) is 36.7 Å². The first-order valence-corrected chi connectivity index (χ1v) is 7.53. The molecule has 6 heteroatoms. The van der Waals surface area contributed by atoms with Crippen molar-refractivity contribution in [2.75, 3.05) is 17.2 Å². The number of nitrogens with zero attached hydrogens (tertiary/aromatic N) is 2. The smallest absolute Gasteiger partial charge is 0.172 e. The largest absolute Gasteiger partial charge is 0.468 e. The van der Waals surface area contributed by atoms with E-state index in [1.807, 2.05) is 38.1 Å². The van der Waals surface area contributed by atoms with Gasteiger partial charge in [0.25, 0.3) is 0 Å². The number of nitrogens with one attached hydrogen (secondary N) is 2. The number of anilines is 2. The van der Waals surface area contributed by atoms with Gasteiger partial charge in [0.05, 0.1) is 12.2 Å².